The highest BCUT2D eigenvalue weighted by molar-refractivity contribution is 7.07. The van der Waals surface area contributed by atoms with E-state index >= 15 is 0 Å². The van der Waals surface area contributed by atoms with Crippen LogP contribution < -0.4 is 10.6 Å². The van der Waals surface area contributed by atoms with E-state index in [4.69, 9.17) is 11.6 Å². The molecule has 0 saturated heterocycles. The molecule has 1 aromatic heterocycles. The second-order valence-electron chi connectivity index (χ2n) is 4.32. The highest BCUT2D eigenvalue weighted by Crippen LogP contribution is 2.13. The van der Waals surface area contributed by atoms with Gasteiger partial charge in [-0.05, 0) is 37.2 Å². The zero-order chi connectivity index (χ0) is 14.2. The summed E-state index contributed by atoms with van der Waals surface area (Å²) in [6.45, 7) is 1.55. The molecule has 6 heteroatoms. The first-order valence-corrected chi connectivity index (χ1v) is 7.69. The smallest absolute Gasteiger partial charge is 0.224 e. The second-order valence-corrected chi connectivity index (χ2v) is 5.47. The van der Waals surface area contributed by atoms with E-state index in [1.807, 2.05) is 10.9 Å². The summed E-state index contributed by atoms with van der Waals surface area (Å²) in [6, 6.07) is 7.10. The van der Waals surface area contributed by atoms with Gasteiger partial charge in [-0.1, -0.05) is 11.6 Å². The fourth-order valence-corrected chi connectivity index (χ4v) is 2.36. The van der Waals surface area contributed by atoms with Crippen LogP contribution in [-0.2, 0) is 11.3 Å². The lowest BCUT2D eigenvalue weighted by Crippen LogP contribution is -2.18. The molecule has 1 amide bonds. The summed E-state index contributed by atoms with van der Waals surface area (Å²) in [7, 11) is 0. The highest BCUT2D eigenvalue weighted by atomic mass is 35.5. The lowest BCUT2D eigenvalue weighted by Gasteiger charge is -2.06. The minimum atomic E-state index is 0.0165. The minimum Gasteiger partial charge on any atom is -0.326 e. The van der Waals surface area contributed by atoms with Gasteiger partial charge < -0.3 is 10.6 Å². The number of benzene rings is 1. The van der Waals surface area contributed by atoms with Gasteiger partial charge >= 0.3 is 0 Å². The predicted octanol–water partition coefficient (Wildman–Crippen LogP) is 3.31. The first-order chi connectivity index (χ1) is 9.74. The highest BCUT2D eigenvalue weighted by Gasteiger charge is 2.02. The SMILES string of the molecule is O=C(CCCNCc1cscn1)Nc1ccc(Cl)cc1. The number of hydrogen-bond donors (Lipinski definition) is 2. The van der Waals surface area contributed by atoms with Crippen LogP contribution >= 0.6 is 22.9 Å². The van der Waals surface area contributed by atoms with Gasteiger partial charge in [0.25, 0.3) is 0 Å². The number of carbonyl (C=O) groups excluding carboxylic acids is 1. The second kappa shape index (κ2) is 7.99. The Kier molecular flexibility index (Phi) is 5.98. The molecule has 1 aromatic carbocycles. The fraction of sp³-hybridized carbons (Fsp3) is 0.286. The third kappa shape index (κ3) is 5.28. The number of carbonyl (C=O) groups is 1. The van der Waals surface area contributed by atoms with Crippen molar-refractivity contribution in [3.05, 3.63) is 45.9 Å². The van der Waals surface area contributed by atoms with Gasteiger partial charge in [-0.15, -0.1) is 11.3 Å². The van der Waals surface area contributed by atoms with Crippen molar-refractivity contribution in [2.45, 2.75) is 19.4 Å². The average molecular weight is 310 g/mol. The van der Waals surface area contributed by atoms with E-state index in [1.165, 1.54) is 0 Å². The van der Waals surface area contributed by atoms with Crippen LogP contribution in [0.3, 0.4) is 0 Å². The molecule has 0 fully saturated rings. The molecule has 0 aliphatic carbocycles. The molecule has 0 radical (unpaired) electrons. The molecule has 0 aliphatic heterocycles. The van der Waals surface area contributed by atoms with Crippen LogP contribution in [-0.4, -0.2) is 17.4 Å². The van der Waals surface area contributed by atoms with Gasteiger partial charge in [0.1, 0.15) is 0 Å². The number of hydrogen-bond acceptors (Lipinski definition) is 4. The van der Waals surface area contributed by atoms with E-state index in [2.05, 4.69) is 15.6 Å². The van der Waals surface area contributed by atoms with E-state index in [9.17, 15) is 4.79 Å². The average Bonchev–Trinajstić information content (AvgIpc) is 2.94. The standard InChI is InChI=1S/C14H16ClN3OS/c15-11-3-5-12(6-4-11)18-14(19)2-1-7-16-8-13-9-20-10-17-13/h3-6,9-10,16H,1-2,7-8H2,(H,18,19). The van der Waals surface area contributed by atoms with Crippen molar-refractivity contribution in [2.24, 2.45) is 0 Å². The Morgan fingerprint density at radius 2 is 2.10 bits per heavy atom. The Bertz CT molecular complexity index is 528. The Labute approximate surface area is 127 Å². The Morgan fingerprint density at radius 1 is 1.30 bits per heavy atom. The van der Waals surface area contributed by atoms with Gasteiger partial charge in [0.15, 0.2) is 0 Å². The lowest BCUT2D eigenvalue weighted by molar-refractivity contribution is -0.116. The third-order valence-electron chi connectivity index (χ3n) is 2.67. The Balaban J connectivity index is 1.59. The number of nitrogens with one attached hydrogen (secondary N) is 2. The van der Waals surface area contributed by atoms with Gasteiger partial charge in [0.2, 0.25) is 5.91 Å². The van der Waals surface area contributed by atoms with Crippen molar-refractivity contribution >= 4 is 34.5 Å². The number of aromatic nitrogens is 1. The van der Waals surface area contributed by atoms with Crippen LogP contribution in [0, 0.1) is 0 Å². The summed E-state index contributed by atoms with van der Waals surface area (Å²) in [5, 5.41) is 8.77. The summed E-state index contributed by atoms with van der Waals surface area (Å²) in [5.74, 6) is 0.0165. The zero-order valence-corrected chi connectivity index (χ0v) is 12.5. The largest absolute Gasteiger partial charge is 0.326 e. The number of thiazole rings is 1. The van der Waals surface area contributed by atoms with Crippen LogP contribution in [0.2, 0.25) is 5.02 Å². The zero-order valence-electron chi connectivity index (χ0n) is 10.9. The number of nitrogens with zero attached hydrogens (tertiary/aromatic N) is 1. The summed E-state index contributed by atoms with van der Waals surface area (Å²) < 4.78 is 0. The molecule has 2 N–H and O–H groups in total. The molecule has 0 spiro atoms. The fourth-order valence-electron chi connectivity index (χ4n) is 1.67. The molecule has 106 valence electrons. The number of amides is 1. The lowest BCUT2D eigenvalue weighted by atomic mass is 10.2. The summed E-state index contributed by atoms with van der Waals surface area (Å²) >= 11 is 7.37. The number of anilines is 1. The van der Waals surface area contributed by atoms with E-state index in [-0.39, 0.29) is 5.91 Å². The van der Waals surface area contributed by atoms with Crippen molar-refractivity contribution < 1.29 is 4.79 Å². The molecule has 2 rings (SSSR count). The van der Waals surface area contributed by atoms with Gasteiger partial charge in [-0.3, -0.25) is 4.79 Å². The molecular weight excluding hydrogens is 294 g/mol. The Hall–Kier alpha value is -1.43. The summed E-state index contributed by atoms with van der Waals surface area (Å²) in [5.41, 5.74) is 3.63. The van der Waals surface area contributed by atoms with Crippen molar-refractivity contribution in [3.63, 3.8) is 0 Å². The van der Waals surface area contributed by atoms with Crippen molar-refractivity contribution in [1.82, 2.24) is 10.3 Å². The van der Waals surface area contributed by atoms with E-state index in [0.29, 0.717) is 11.4 Å². The van der Waals surface area contributed by atoms with E-state index in [1.54, 1.807) is 35.6 Å². The van der Waals surface area contributed by atoms with Gasteiger partial charge in [0.05, 0.1) is 11.2 Å². The van der Waals surface area contributed by atoms with Gasteiger partial charge in [0, 0.05) is 29.1 Å². The molecule has 20 heavy (non-hydrogen) atoms. The first kappa shape index (κ1) is 15.0. The van der Waals surface area contributed by atoms with Crippen LogP contribution in [0.25, 0.3) is 0 Å². The minimum absolute atomic E-state index is 0.0165. The molecular formula is C14H16ClN3OS. The molecule has 0 unspecified atom stereocenters. The van der Waals surface area contributed by atoms with E-state index < -0.39 is 0 Å². The maximum atomic E-state index is 11.7. The maximum absolute atomic E-state index is 11.7. The summed E-state index contributed by atoms with van der Waals surface area (Å²) in [6.07, 6.45) is 1.29. The monoisotopic (exact) mass is 309 g/mol. The first-order valence-electron chi connectivity index (χ1n) is 6.37. The Morgan fingerprint density at radius 3 is 2.80 bits per heavy atom. The molecule has 0 bridgehead atoms. The molecule has 1 heterocycles. The molecule has 0 aliphatic rings. The van der Waals surface area contributed by atoms with Crippen molar-refractivity contribution in [2.75, 3.05) is 11.9 Å². The number of halogens is 1. The normalized spacial score (nSPS) is 10.4. The van der Waals surface area contributed by atoms with Crippen LogP contribution in [0.5, 0.6) is 0 Å². The molecule has 2 aromatic rings. The number of rotatable bonds is 7. The van der Waals surface area contributed by atoms with Crippen molar-refractivity contribution in [1.29, 1.82) is 0 Å². The molecule has 0 atom stereocenters. The topological polar surface area (TPSA) is 54.0 Å². The quantitative estimate of drug-likeness (QED) is 0.772. The van der Waals surface area contributed by atoms with Gasteiger partial charge in [-0.25, -0.2) is 4.98 Å². The molecule has 0 saturated carbocycles. The summed E-state index contributed by atoms with van der Waals surface area (Å²) in [4.78, 5) is 15.9. The maximum Gasteiger partial charge on any atom is 0.224 e. The van der Waals surface area contributed by atoms with Crippen LogP contribution in [0.4, 0.5) is 5.69 Å². The van der Waals surface area contributed by atoms with Crippen LogP contribution in [0.1, 0.15) is 18.5 Å². The third-order valence-corrected chi connectivity index (χ3v) is 3.56. The van der Waals surface area contributed by atoms with Crippen LogP contribution in [0.15, 0.2) is 35.2 Å². The predicted molar refractivity (Wildman–Crippen MR) is 83.1 cm³/mol. The molecule has 4 nitrogen and oxygen atoms in total. The van der Waals surface area contributed by atoms with Crippen molar-refractivity contribution in [3.8, 4) is 0 Å². The van der Waals surface area contributed by atoms with Gasteiger partial charge in [-0.2, -0.15) is 0 Å². The van der Waals surface area contributed by atoms with E-state index in [0.717, 1.165) is 30.9 Å².